The fourth-order valence-electron chi connectivity index (χ4n) is 5.46. The van der Waals surface area contributed by atoms with Crippen molar-refractivity contribution in [3.63, 3.8) is 0 Å². The van der Waals surface area contributed by atoms with Crippen molar-refractivity contribution in [1.82, 2.24) is 0 Å². The lowest BCUT2D eigenvalue weighted by Gasteiger charge is -2.43. The van der Waals surface area contributed by atoms with Gasteiger partial charge in [0.25, 0.3) is 0 Å². The van der Waals surface area contributed by atoms with E-state index in [1.54, 1.807) is 7.11 Å². The first-order chi connectivity index (χ1) is 15.3. The number of carbonyl (C=O) groups excluding carboxylic acids is 1. The summed E-state index contributed by atoms with van der Waals surface area (Å²) in [4.78, 5) is 13.6. The van der Waals surface area contributed by atoms with Crippen LogP contribution in [0, 0.1) is 11.3 Å². The highest BCUT2D eigenvalue weighted by Gasteiger charge is 2.57. The standard InChI is InChI=1S/C28H38O4/c1-19-7-6-15-28(4)26(32-28)25(29)23-13-8-20(2)27(3,16-14-19)24(23)18-31-17-21-9-11-22(30-5)12-10-21/h7,9-12,20,26H,6,8,13-18H2,1-5H3/b19-7+/t20-,26+,27+,28+/m1/s1. The third kappa shape index (κ3) is 4.58. The number of allylic oxidation sites excluding steroid dienone is 2. The van der Waals surface area contributed by atoms with Crippen molar-refractivity contribution in [2.45, 2.75) is 84.5 Å². The van der Waals surface area contributed by atoms with E-state index in [1.165, 1.54) is 11.1 Å². The van der Waals surface area contributed by atoms with Crippen LogP contribution in [0.4, 0.5) is 0 Å². The van der Waals surface area contributed by atoms with Gasteiger partial charge in [-0.1, -0.05) is 37.6 Å². The molecule has 1 aromatic carbocycles. The number of hydrogen-bond acceptors (Lipinski definition) is 4. The summed E-state index contributed by atoms with van der Waals surface area (Å²) in [5.41, 5.74) is 4.39. The minimum Gasteiger partial charge on any atom is -0.497 e. The molecule has 0 spiro atoms. The van der Waals surface area contributed by atoms with Crippen LogP contribution >= 0.6 is 0 Å². The number of rotatable bonds is 5. The van der Waals surface area contributed by atoms with Gasteiger partial charge in [-0.25, -0.2) is 0 Å². The fraction of sp³-hybridized carbons (Fsp3) is 0.607. The van der Waals surface area contributed by atoms with Crippen molar-refractivity contribution in [1.29, 1.82) is 0 Å². The zero-order valence-corrected chi connectivity index (χ0v) is 20.3. The topological polar surface area (TPSA) is 48.1 Å². The molecular formula is C28H38O4. The van der Waals surface area contributed by atoms with Gasteiger partial charge < -0.3 is 14.2 Å². The van der Waals surface area contributed by atoms with Crippen molar-refractivity contribution in [3.05, 3.63) is 52.6 Å². The second-order valence-electron chi connectivity index (χ2n) is 10.4. The molecule has 0 N–H and O–H groups in total. The Bertz CT molecular complexity index is 912. The summed E-state index contributed by atoms with van der Waals surface area (Å²) in [7, 11) is 1.67. The Balaban J connectivity index is 1.61. The Labute approximate surface area is 193 Å². The van der Waals surface area contributed by atoms with Crippen molar-refractivity contribution in [2.24, 2.45) is 11.3 Å². The number of ketones is 1. The van der Waals surface area contributed by atoms with E-state index >= 15 is 0 Å². The SMILES string of the molecule is COc1ccc(COCC2=C3CC[C@@H](C)[C@]2(C)CC/C(C)=C/CC[C@]2(C)O[C@H]2C3=O)cc1. The van der Waals surface area contributed by atoms with E-state index in [-0.39, 0.29) is 22.9 Å². The van der Waals surface area contributed by atoms with Crippen LogP contribution in [0.25, 0.3) is 0 Å². The fourth-order valence-corrected chi connectivity index (χ4v) is 5.46. The molecule has 0 radical (unpaired) electrons. The second kappa shape index (κ2) is 9.15. The molecule has 0 saturated carbocycles. The molecule has 4 heteroatoms. The third-order valence-corrected chi connectivity index (χ3v) is 8.24. The summed E-state index contributed by atoms with van der Waals surface area (Å²) >= 11 is 0. The first-order valence-corrected chi connectivity index (χ1v) is 12.1. The maximum absolute atomic E-state index is 13.6. The van der Waals surface area contributed by atoms with E-state index < -0.39 is 0 Å². The molecule has 3 aliphatic rings. The predicted octanol–water partition coefficient (Wildman–Crippen LogP) is 6.19. The number of epoxide rings is 1. The number of Topliss-reactive ketones (excluding diaryl/α,β-unsaturated/α-hetero) is 1. The molecule has 1 fully saturated rings. The van der Waals surface area contributed by atoms with Crippen LogP contribution in [0.3, 0.4) is 0 Å². The zero-order valence-electron chi connectivity index (χ0n) is 20.3. The largest absolute Gasteiger partial charge is 0.497 e. The third-order valence-electron chi connectivity index (χ3n) is 8.24. The Hall–Kier alpha value is -1.91. The average Bonchev–Trinajstić information content (AvgIpc) is 3.46. The summed E-state index contributed by atoms with van der Waals surface area (Å²) in [5, 5.41) is 0. The van der Waals surface area contributed by atoms with E-state index in [9.17, 15) is 4.79 Å². The predicted molar refractivity (Wildman–Crippen MR) is 127 cm³/mol. The van der Waals surface area contributed by atoms with Gasteiger partial charge in [-0.3, -0.25) is 4.79 Å². The average molecular weight is 439 g/mol. The molecule has 0 aromatic heterocycles. The highest BCUT2D eigenvalue weighted by molar-refractivity contribution is 6.02. The number of benzene rings is 1. The van der Waals surface area contributed by atoms with E-state index in [0.717, 1.165) is 55.4 Å². The zero-order chi connectivity index (χ0) is 22.9. The van der Waals surface area contributed by atoms with Gasteiger partial charge in [0.15, 0.2) is 5.78 Å². The Morgan fingerprint density at radius 2 is 1.84 bits per heavy atom. The Morgan fingerprint density at radius 1 is 1.09 bits per heavy atom. The molecule has 174 valence electrons. The van der Waals surface area contributed by atoms with Gasteiger partial charge in [0.05, 0.1) is 20.3 Å². The quantitative estimate of drug-likeness (QED) is 0.406. The number of ether oxygens (including phenoxy) is 3. The molecular weight excluding hydrogens is 400 g/mol. The smallest absolute Gasteiger partial charge is 0.190 e. The van der Waals surface area contributed by atoms with Gasteiger partial charge in [-0.05, 0) is 87.0 Å². The molecule has 0 amide bonds. The van der Waals surface area contributed by atoms with Crippen molar-refractivity contribution < 1.29 is 19.0 Å². The highest BCUT2D eigenvalue weighted by atomic mass is 16.6. The number of methoxy groups -OCH3 is 1. The van der Waals surface area contributed by atoms with Crippen molar-refractivity contribution in [3.8, 4) is 5.75 Å². The highest BCUT2D eigenvalue weighted by Crippen LogP contribution is 2.51. The van der Waals surface area contributed by atoms with Crippen LogP contribution in [-0.2, 0) is 20.9 Å². The molecule has 1 aromatic rings. The molecule has 2 aliphatic carbocycles. The molecule has 4 rings (SSSR count). The molecule has 0 unspecified atom stereocenters. The molecule has 1 aliphatic heterocycles. The summed E-state index contributed by atoms with van der Waals surface area (Å²) in [6.45, 7) is 10.0. The lowest BCUT2D eigenvalue weighted by Crippen LogP contribution is -2.37. The summed E-state index contributed by atoms with van der Waals surface area (Å²) in [6, 6.07) is 7.98. The molecule has 1 heterocycles. The van der Waals surface area contributed by atoms with Crippen LogP contribution < -0.4 is 4.74 Å². The van der Waals surface area contributed by atoms with Crippen LogP contribution in [0.5, 0.6) is 5.75 Å². The summed E-state index contributed by atoms with van der Waals surface area (Å²) in [6.07, 6.45) is 7.94. The van der Waals surface area contributed by atoms with Crippen LogP contribution in [0.1, 0.15) is 71.8 Å². The van der Waals surface area contributed by atoms with Crippen molar-refractivity contribution in [2.75, 3.05) is 13.7 Å². The monoisotopic (exact) mass is 438 g/mol. The van der Waals surface area contributed by atoms with E-state index in [2.05, 4.69) is 33.8 Å². The van der Waals surface area contributed by atoms with Crippen LogP contribution in [-0.4, -0.2) is 31.2 Å². The van der Waals surface area contributed by atoms with Gasteiger partial charge in [0, 0.05) is 5.57 Å². The van der Waals surface area contributed by atoms with E-state index in [4.69, 9.17) is 14.2 Å². The minimum atomic E-state index is -0.311. The lowest BCUT2D eigenvalue weighted by atomic mass is 9.61. The maximum Gasteiger partial charge on any atom is 0.190 e. The number of hydrogen-bond donors (Lipinski definition) is 0. The first-order valence-electron chi connectivity index (χ1n) is 12.1. The first kappa shape index (κ1) is 23.3. The van der Waals surface area contributed by atoms with Gasteiger partial charge in [0.1, 0.15) is 17.5 Å². The minimum absolute atomic E-state index is 0.0389. The van der Waals surface area contributed by atoms with Crippen molar-refractivity contribution >= 4 is 5.78 Å². The van der Waals surface area contributed by atoms with Gasteiger partial charge in [0.2, 0.25) is 0 Å². The lowest BCUT2D eigenvalue weighted by molar-refractivity contribution is -0.117. The summed E-state index contributed by atoms with van der Waals surface area (Å²) in [5.74, 6) is 1.56. The maximum atomic E-state index is 13.6. The van der Waals surface area contributed by atoms with E-state index in [0.29, 0.717) is 19.1 Å². The van der Waals surface area contributed by atoms with Crippen LogP contribution in [0.15, 0.2) is 47.1 Å². The Kier molecular flexibility index (Phi) is 6.65. The molecule has 2 bridgehead atoms. The van der Waals surface area contributed by atoms with Gasteiger partial charge in [-0.2, -0.15) is 0 Å². The number of carbonyl (C=O) groups is 1. The summed E-state index contributed by atoms with van der Waals surface area (Å²) < 4.78 is 17.5. The number of fused-ring (bicyclic) bond motifs is 2. The molecule has 32 heavy (non-hydrogen) atoms. The van der Waals surface area contributed by atoms with Gasteiger partial charge in [-0.15, -0.1) is 0 Å². The van der Waals surface area contributed by atoms with Gasteiger partial charge >= 0.3 is 0 Å². The molecule has 4 atom stereocenters. The van der Waals surface area contributed by atoms with E-state index in [1.807, 2.05) is 24.3 Å². The normalized spacial score (nSPS) is 34.7. The molecule has 4 nitrogen and oxygen atoms in total. The second-order valence-corrected chi connectivity index (χ2v) is 10.4. The Morgan fingerprint density at radius 3 is 2.56 bits per heavy atom. The van der Waals surface area contributed by atoms with Crippen LogP contribution in [0.2, 0.25) is 0 Å². The molecule has 1 saturated heterocycles.